The van der Waals surface area contributed by atoms with Gasteiger partial charge in [-0.3, -0.25) is 4.68 Å². The Morgan fingerprint density at radius 2 is 2.21 bits per heavy atom. The van der Waals surface area contributed by atoms with Crippen LogP contribution in [-0.4, -0.2) is 22.0 Å². The van der Waals surface area contributed by atoms with Crippen LogP contribution in [0.25, 0.3) is 0 Å². The molecule has 1 aromatic rings. The highest BCUT2D eigenvalue weighted by molar-refractivity contribution is 6.20. The van der Waals surface area contributed by atoms with Gasteiger partial charge in [-0.2, -0.15) is 5.10 Å². The molecule has 2 aliphatic rings. The third kappa shape index (κ3) is 2.82. The topological polar surface area (TPSA) is 27.1 Å². The molecule has 1 aliphatic carbocycles. The van der Waals surface area contributed by atoms with E-state index in [0.29, 0.717) is 6.04 Å². The zero-order valence-corrected chi connectivity index (χ0v) is 12.4. The first kappa shape index (κ1) is 13.4. The lowest BCUT2D eigenvalue weighted by atomic mass is 9.78. The molecular formula is C15H23ClN2O. The molecule has 3 rings (SSSR count). The van der Waals surface area contributed by atoms with Gasteiger partial charge < -0.3 is 4.74 Å². The Kier molecular flexibility index (Phi) is 3.86. The van der Waals surface area contributed by atoms with E-state index in [-0.39, 0.29) is 11.0 Å². The number of nitrogens with zero attached hydrogens (tertiary/aromatic N) is 2. The van der Waals surface area contributed by atoms with Crippen LogP contribution in [-0.2, 0) is 4.74 Å². The molecule has 2 atom stereocenters. The number of rotatable bonds is 2. The van der Waals surface area contributed by atoms with Gasteiger partial charge >= 0.3 is 0 Å². The highest BCUT2D eigenvalue weighted by atomic mass is 35.5. The molecular weight excluding hydrogens is 260 g/mol. The first-order valence-corrected chi connectivity index (χ1v) is 7.94. The van der Waals surface area contributed by atoms with E-state index >= 15 is 0 Å². The second-order valence-corrected chi connectivity index (χ2v) is 6.76. The number of aromatic nitrogens is 2. The molecule has 3 nitrogen and oxygen atoms in total. The highest BCUT2D eigenvalue weighted by Gasteiger charge is 2.39. The number of alkyl halides is 1. The summed E-state index contributed by atoms with van der Waals surface area (Å²) in [6.07, 6.45) is 12.7. The van der Waals surface area contributed by atoms with E-state index in [2.05, 4.69) is 16.0 Å². The van der Waals surface area contributed by atoms with Crippen LogP contribution in [0.4, 0.5) is 0 Å². The minimum absolute atomic E-state index is 0.0391. The van der Waals surface area contributed by atoms with Crippen LogP contribution in [0.15, 0.2) is 12.4 Å². The summed E-state index contributed by atoms with van der Waals surface area (Å²) in [4.78, 5) is 0. The Morgan fingerprint density at radius 3 is 2.89 bits per heavy atom. The second kappa shape index (κ2) is 5.45. The van der Waals surface area contributed by atoms with Crippen LogP contribution in [0.1, 0.15) is 68.9 Å². The normalized spacial score (nSPS) is 28.4. The zero-order chi connectivity index (χ0) is 13.3. The summed E-state index contributed by atoms with van der Waals surface area (Å²) in [5.41, 5.74) is 1.26. The van der Waals surface area contributed by atoms with Crippen molar-refractivity contribution in [1.29, 1.82) is 0 Å². The van der Waals surface area contributed by atoms with Crippen LogP contribution >= 0.6 is 11.6 Å². The summed E-state index contributed by atoms with van der Waals surface area (Å²) >= 11 is 6.12. The standard InChI is InChI=1S/C15H23ClN2O/c1-12(16)13-10-17-18(11-13)14-5-8-19-15(9-14)6-3-2-4-7-15/h10-12,14H,2-9H2,1H3. The molecule has 1 aromatic heterocycles. The highest BCUT2D eigenvalue weighted by Crippen LogP contribution is 2.42. The lowest BCUT2D eigenvalue weighted by Gasteiger charge is -2.43. The van der Waals surface area contributed by atoms with Gasteiger partial charge in [0.1, 0.15) is 0 Å². The summed E-state index contributed by atoms with van der Waals surface area (Å²) in [6.45, 7) is 2.87. The van der Waals surface area contributed by atoms with E-state index in [9.17, 15) is 0 Å². The van der Waals surface area contributed by atoms with Crippen molar-refractivity contribution in [3.63, 3.8) is 0 Å². The molecule has 1 saturated carbocycles. The SMILES string of the molecule is CC(Cl)c1cnn(C2CCOC3(CCCCC3)C2)c1. The summed E-state index contributed by atoms with van der Waals surface area (Å²) < 4.78 is 8.26. The van der Waals surface area contributed by atoms with Crippen molar-refractivity contribution in [1.82, 2.24) is 9.78 Å². The first-order valence-electron chi connectivity index (χ1n) is 7.51. The fourth-order valence-corrected chi connectivity index (χ4v) is 3.64. The number of halogens is 1. The lowest BCUT2D eigenvalue weighted by molar-refractivity contribution is -0.115. The summed E-state index contributed by atoms with van der Waals surface area (Å²) in [6, 6.07) is 0.482. The van der Waals surface area contributed by atoms with Crippen molar-refractivity contribution in [2.45, 2.75) is 68.9 Å². The number of hydrogen-bond acceptors (Lipinski definition) is 2. The van der Waals surface area contributed by atoms with Crippen molar-refractivity contribution < 1.29 is 4.74 Å². The van der Waals surface area contributed by atoms with Crippen LogP contribution in [0, 0.1) is 0 Å². The van der Waals surface area contributed by atoms with E-state index < -0.39 is 0 Å². The third-order valence-corrected chi connectivity index (χ3v) is 4.94. The summed E-state index contributed by atoms with van der Waals surface area (Å²) in [7, 11) is 0. The Labute approximate surface area is 120 Å². The van der Waals surface area contributed by atoms with Gasteiger partial charge in [0, 0.05) is 18.4 Å². The summed E-state index contributed by atoms with van der Waals surface area (Å²) in [5, 5.41) is 4.55. The molecule has 1 saturated heterocycles. The molecule has 106 valence electrons. The molecule has 4 heteroatoms. The van der Waals surface area contributed by atoms with Gasteiger partial charge in [-0.25, -0.2) is 0 Å². The van der Waals surface area contributed by atoms with Crippen LogP contribution < -0.4 is 0 Å². The fraction of sp³-hybridized carbons (Fsp3) is 0.800. The zero-order valence-electron chi connectivity index (χ0n) is 11.6. The van der Waals surface area contributed by atoms with Gasteiger partial charge in [0.05, 0.1) is 23.2 Å². The fourth-order valence-electron chi connectivity index (χ4n) is 3.53. The Morgan fingerprint density at radius 1 is 1.42 bits per heavy atom. The smallest absolute Gasteiger partial charge is 0.0703 e. The molecule has 1 spiro atoms. The third-order valence-electron chi connectivity index (χ3n) is 4.69. The molecule has 2 unspecified atom stereocenters. The molecule has 0 amide bonds. The maximum Gasteiger partial charge on any atom is 0.0703 e. The van der Waals surface area contributed by atoms with Gasteiger partial charge in [0.2, 0.25) is 0 Å². The van der Waals surface area contributed by atoms with Crippen molar-refractivity contribution in [2.75, 3.05) is 6.61 Å². The molecule has 2 fully saturated rings. The number of ether oxygens (including phenoxy) is 1. The predicted molar refractivity (Wildman–Crippen MR) is 76.5 cm³/mol. The van der Waals surface area contributed by atoms with Gasteiger partial charge in [-0.1, -0.05) is 19.3 Å². The van der Waals surface area contributed by atoms with Crippen LogP contribution in [0.5, 0.6) is 0 Å². The van der Waals surface area contributed by atoms with E-state index in [1.54, 1.807) is 0 Å². The minimum Gasteiger partial charge on any atom is -0.375 e. The predicted octanol–water partition coefficient (Wildman–Crippen LogP) is 4.24. The minimum atomic E-state index is 0.0391. The molecule has 0 radical (unpaired) electrons. The Bertz CT molecular complexity index is 418. The molecule has 1 aliphatic heterocycles. The summed E-state index contributed by atoms with van der Waals surface area (Å²) in [5.74, 6) is 0. The van der Waals surface area contributed by atoms with E-state index in [1.165, 1.54) is 32.1 Å². The van der Waals surface area contributed by atoms with E-state index in [0.717, 1.165) is 25.0 Å². The second-order valence-electron chi connectivity index (χ2n) is 6.11. The number of hydrogen-bond donors (Lipinski definition) is 0. The maximum atomic E-state index is 6.15. The van der Waals surface area contributed by atoms with Crippen molar-refractivity contribution in [3.8, 4) is 0 Å². The Hall–Kier alpha value is -0.540. The Balaban J connectivity index is 1.73. The van der Waals surface area contributed by atoms with E-state index in [4.69, 9.17) is 16.3 Å². The molecule has 0 bridgehead atoms. The van der Waals surface area contributed by atoms with Crippen molar-refractivity contribution >= 4 is 11.6 Å². The monoisotopic (exact) mass is 282 g/mol. The van der Waals surface area contributed by atoms with Gasteiger partial charge in [0.15, 0.2) is 0 Å². The molecule has 2 heterocycles. The van der Waals surface area contributed by atoms with Gasteiger partial charge in [-0.15, -0.1) is 11.6 Å². The quantitative estimate of drug-likeness (QED) is 0.759. The van der Waals surface area contributed by atoms with E-state index in [1.807, 2.05) is 13.1 Å². The molecule has 0 aromatic carbocycles. The molecule has 0 N–H and O–H groups in total. The molecule has 19 heavy (non-hydrogen) atoms. The van der Waals surface area contributed by atoms with Crippen molar-refractivity contribution in [3.05, 3.63) is 18.0 Å². The van der Waals surface area contributed by atoms with Crippen LogP contribution in [0.2, 0.25) is 0 Å². The van der Waals surface area contributed by atoms with Gasteiger partial charge in [0.25, 0.3) is 0 Å². The largest absolute Gasteiger partial charge is 0.375 e. The van der Waals surface area contributed by atoms with Crippen LogP contribution in [0.3, 0.4) is 0 Å². The average Bonchev–Trinajstić information content (AvgIpc) is 2.89. The maximum absolute atomic E-state index is 6.15. The van der Waals surface area contributed by atoms with Gasteiger partial charge in [-0.05, 0) is 32.6 Å². The van der Waals surface area contributed by atoms with Crippen molar-refractivity contribution in [2.24, 2.45) is 0 Å². The lowest BCUT2D eigenvalue weighted by Crippen LogP contribution is -2.42. The first-order chi connectivity index (χ1) is 9.19. The average molecular weight is 283 g/mol.